The zero-order chi connectivity index (χ0) is 17.2. The number of rotatable bonds is 4. The van der Waals surface area contributed by atoms with Gasteiger partial charge in [-0.25, -0.2) is 14.4 Å². The van der Waals surface area contributed by atoms with Crippen LogP contribution in [0.25, 0.3) is 16.9 Å². The van der Waals surface area contributed by atoms with E-state index in [0.29, 0.717) is 5.95 Å². The lowest BCUT2D eigenvalue weighted by molar-refractivity contribution is 0.603. The van der Waals surface area contributed by atoms with Crippen molar-refractivity contribution >= 4 is 17.0 Å². The van der Waals surface area contributed by atoms with Crippen LogP contribution in [0.3, 0.4) is 0 Å². The maximum Gasteiger partial charge on any atom is 0.225 e. The minimum atomic E-state index is -0.499. The summed E-state index contributed by atoms with van der Waals surface area (Å²) < 4.78 is 15.9. The Hall–Kier alpha value is -3.28. The summed E-state index contributed by atoms with van der Waals surface area (Å²) in [5.74, 6) is 0.0399. The Morgan fingerprint density at radius 3 is 2.60 bits per heavy atom. The fourth-order valence-corrected chi connectivity index (χ4v) is 2.74. The van der Waals surface area contributed by atoms with Gasteiger partial charge in [-0.1, -0.05) is 42.5 Å². The maximum atomic E-state index is 14.3. The summed E-state index contributed by atoms with van der Waals surface area (Å²) in [6.45, 7) is 2.01. The molecule has 0 radical (unpaired) electrons. The number of para-hydroxylation sites is 2. The molecule has 0 amide bonds. The van der Waals surface area contributed by atoms with Crippen molar-refractivity contribution in [1.29, 1.82) is 0 Å². The molecule has 4 rings (SSSR count). The first-order valence-corrected chi connectivity index (χ1v) is 7.99. The van der Waals surface area contributed by atoms with Crippen LogP contribution in [0.2, 0.25) is 0 Å². The third-order valence-electron chi connectivity index (χ3n) is 4.05. The molecule has 6 heteroatoms. The SMILES string of the molecule is C[C@H](Nc1ncc(F)c(-n2cnc3ccccc32)n1)c1ccccc1. The molecule has 0 fully saturated rings. The van der Waals surface area contributed by atoms with Crippen molar-refractivity contribution in [1.82, 2.24) is 19.5 Å². The molecule has 0 aliphatic carbocycles. The summed E-state index contributed by atoms with van der Waals surface area (Å²) in [5, 5.41) is 3.21. The summed E-state index contributed by atoms with van der Waals surface area (Å²) in [6, 6.07) is 17.5. The summed E-state index contributed by atoms with van der Waals surface area (Å²) in [5.41, 5.74) is 2.68. The van der Waals surface area contributed by atoms with Crippen LogP contribution in [0.5, 0.6) is 0 Å². The number of hydrogen-bond donors (Lipinski definition) is 1. The number of nitrogens with one attached hydrogen (secondary N) is 1. The highest BCUT2D eigenvalue weighted by atomic mass is 19.1. The molecule has 5 nitrogen and oxygen atoms in total. The number of fused-ring (bicyclic) bond motifs is 1. The topological polar surface area (TPSA) is 55.6 Å². The van der Waals surface area contributed by atoms with Gasteiger partial charge in [-0.15, -0.1) is 0 Å². The number of halogens is 1. The number of benzene rings is 2. The van der Waals surface area contributed by atoms with Gasteiger partial charge in [0.1, 0.15) is 6.33 Å². The third-order valence-corrected chi connectivity index (χ3v) is 4.05. The van der Waals surface area contributed by atoms with Crippen molar-refractivity contribution in [2.24, 2.45) is 0 Å². The third kappa shape index (κ3) is 2.94. The molecular formula is C19H16FN5. The second kappa shape index (κ2) is 6.32. The van der Waals surface area contributed by atoms with Gasteiger partial charge < -0.3 is 5.32 Å². The van der Waals surface area contributed by atoms with Crippen molar-refractivity contribution in [3.63, 3.8) is 0 Å². The quantitative estimate of drug-likeness (QED) is 0.610. The Morgan fingerprint density at radius 2 is 1.76 bits per heavy atom. The standard InChI is InChI=1S/C19H16FN5/c1-13(14-7-3-2-4-8-14)23-19-21-11-15(20)18(24-19)25-12-22-16-9-5-6-10-17(16)25/h2-13H,1H3,(H,21,23,24)/t13-/m0/s1. The van der Waals surface area contributed by atoms with Crippen molar-refractivity contribution in [3.05, 3.63) is 78.5 Å². The number of anilines is 1. The molecule has 124 valence electrons. The molecule has 2 aromatic carbocycles. The van der Waals surface area contributed by atoms with Gasteiger partial charge in [0.15, 0.2) is 11.6 Å². The molecule has 0 spiro atoms. The van der Waals surface area contributed by atoms with E-state index >= 15 is 0 Å². The van der Waals surface area contributed by atoms with E-state index in [-0.39, 0.29) is 11.9 Å². The highest BCUT2D eigenvalue weighted by Gasteiger charge is 2.14. The van der Waals surface area contributed by atoms with E-state index in [1.165, 1.54) is 6.20 Å². The number of nitrogens with zero attached hydrogens (tertiary/aromatic N) is 4. The van der Waals surface area contributed by atoms with Gasteiger partial charge in [0, 0.05) is 0 Å². The second-order valence-electron chi connectivity index (χ2n) is 5.75. The normalized spacial score (nSPS) is 12.2. The monoisotopic (exact) mass is 333 g/mol. The zero-order valence-corrected chi connectivity index (χ0v) is 13.6. The molecule has 0 saturated heterocycles. The maximum absolute atomic E-state index is 14.3. The van der Waals surface area contributed by atoms with Crippen LogP contribution in [-0.4, -0.2) is 19.5 Å². The van der Waals surface area contributed by atoms with E-state index in [4.69, 9.17) is 0 Å². The Kier molecular flexibility index (Phi) is 3.85. The summed E-state index contributed by atoms with van der Waals surface area (Å²) >= 11 is 0. The lowest BCUT2D eigenvalue weighted by atomic mass is 10.1. The van der Waals surface area contributed by atoms with E-state index < -0.39 is 5.82 Å². The molecule has 0 aliphatic heterocycles. The van der Waals surface area contributed by atoms with Crippen LogP contribution >= 0.6 is 0 Å². The number of hydrogen-bond acceptors (Lipinski definition) is 4. The molecule has 0 bridgehead atoms. The second-order valence-corrected chi connectivity index (χ2v) is 5.75. The molecule has 4 aromatic rings. The van der Waals surface area contributed by atoms with Crippen molar-refractivity contribution in [3.8, 4) is 5.82 Å². The van der Waals surface area contributed by atoms with Gasteiger partial charge in [-0.3, -0.25) is 4.57 Å². The molecule has 0 saturated carbocycles. The minimum Gasteiger partial charge on any atom is -0.348 e. The zero-order valence-electron chi connectivity index (χ0n) is 13.6. The molecule has 1 N–H and O–H groups in total. The molecule has 2 aromatic heterocycles. The fourth-order valence-electron chi connectivity index (χ4n) is 2.74. The van der Waals surface area contributed by atoms with Crippen molar-refractivity contribution in [2.75, 3.05) is 5.32 Å². The predicted octanol–water partition coefficient (Wildman–Crippen LogP) is 4.13. The first-order chi connectivity index (χ1) is 12.2. The lowest BCUT2D eigenvalue weighted by Crippen LogP contribution is -2.11. The highest BCUT2D eigenvalue weighted by Crippen LogP contribution is 2.21. The Balaban J connectivity index is 1.69. The van der Waals surface area contributed by atoms with E-state index in [1.54, 1.807) is 10.9 Å². The van der Waals surface area contributed by atoms with Gasteiger partial charge in [0.2, 0.25) is 5.95 Å². The van der Waals surface area contributed by atoms with Crippen LogP contribution in [0.15, 0.2) is 67.1 Å². The van der Waals surface area contributed by atoms with Crippen LogP contribution in [0.1, 0.15) is 18.5 Å². The van der Waals surface area contributed by atoms with Gasteiger partial charge in [-0.05, 0) is 24.6 Å². The van der Waals surface area contributed by atoms with Crippen LogP contribution in [-0.2, 0) is 0 Å². The first kappa shape index (κ1) is 15.3. The molecular weight excluding hydrogens is 317 g/mol. The summed E-state index contributed by atoms with van der Waals surface area (Å²) in [6.07, 6.45) is 2.75. The highest BCUT2D eigenvalue weighted by molar-refractivity contribution is 5.76. The number of aromatic nitrogens is 4. The number of imidazole rings is 1. The largest absolute Gasteiger partial charge is 0.348 e. The minimum absolute atomic E-state index is 0.000886. The van der Waals surface area contributed by atoms with E-state index in [1.807, 2.05) is 61.5 Å². The molecule has 1 atom stereocenters. The molecule has 2 heterocycles. The average Bonchev–Trinajstić information content (AvgIpc) is 3.08. The summed E-state index contributed by atoms with van der Waals surface area (Å²) in [4.78, 5) is 12.7. The van der Waals surface area contributed by atoms with Gasteiger partial charge in [0.25, 0.3) is 0 Å². The van der Waals surface area contributed by atoms with Crippen LogP contribution < -0.4 is 5.32 Å². The van der Waals surface area contributed by atoms with E-state index in [0.717, 1.165) is 16.6 Å². The molecule has 0 aliphatic rings. The van der Waals surface area contributed by atoms with Crippen LogP contribution in [0, 0.1) is 5.82 Å². The van der Waals surface area contributed by atoms with Gasteiger partial charge in [0.05, 0.1) is 23.3 Å². The van der Waals surface area contributed by atoms with E-state index in [2.05, 4.69) is 20.3 Å². The predicted molar refractivity (Wildman–Crippen MR) is 95.1 cm³/mol. The lowest BCUT2D eigenvalue weighted by Gasteiger charge is -2.15. The summed E-state index contributed by atoms with van der Waals surface area (Å²) in [7, 11) is 0. The van der Waals surface area contributed by atoms with Crippen molar-refractivity contribution in [2.45, 2.75) is 13.0 Å². The fraction of sp³-hybridized carbons (Fsp3) is 0.105. The average molecular weight is 333 g/mol. The van der Waals surface area contributed by atoms with Crippen molar-refractivity contribution < 1.29 is 4.39 Å². The Bertz CT molecular complexity index is 1010. The Morgan fingerprint density at radius 1 is 1.00 bits per heavy atom. The van der Waals surface area contributed by atoms with Gasteiger partial charge >= 0.3 is 0 Å². The smallest absolute Gasteiger partial charge is 0.225 e. The Labute approximate surface area is 144 Å². The molecule has 0 unspecified atom stereocenters. The molecule has 25 heavy (non-hydrogen) atoms. The first-order valence-electron chi connectivity index (χ1n) is 7.99. The van der Waals surface area contributed by atoms with E-state index in [9.17, 15) is 4.39 Å². The van der Waals surface area contributed by atoms with Crippen LogP contribution in [0.4, 0.5) is 10.3 Å². The van der Waals surface area contributed by atoms with Gasteiger partial charge in [-0.2, -0.15) is 4.98 Å².